The molecule has 2 amide bonds. The molecule has 2 rings (SSSR count). The summed E-state index contributed by atoms with van der Waals surface area (Å²) in [6, 6.07) is 15.4. The zero-order chi connectivity index (χ0) is 18.6. The van der Waals surface area contributed by atoms with E-state index in [0.717, 1.165) is 0 Å². The molecule has 0 heterocycles. The summed E-state index contributed by atoms with van der Waals surface area (Å²) in [5.41, 5.74) is 2.79. The minimum Gasteiger partial charge on any atom is -0.267 e. The SMILES string of the molecule is CS(=O)c1ccccc1C(=O)N(NC(=O)c1ccccc1)C(C)(C)C. The molecule has 2 aromatic rings. The van der Waals surface area contributed by atoms with Gasteiger partial charge in [-0.25, -0.2) is 5.01 Å². The topological polar surface area (TPSA) is 66.5 Å². The van der Waals surface area contributed by atoms with E-state index in [4.69, 9.17) is 0 Å². The van der Waals surface area contributed by atoms with Crippen LogP contribution in [-0.2, 0) is 10.8 Å². The van der Waals surface area contributed by atoms with Crippen LogP contribution in [0.15, 0.2) is 59.5 Å². The van der Waals surface area contributed by atoms with Crippen LogP contribution in [0, 0.1) is 0 Å². The molecule has 0 bridgehead atoms. The van der Waals surface area contributed by atoms with Gasteiger partial charge in [0.15, 0.2) is 0 Å². The van der Waals surface area contributed by atoms with Gasteiger partial charge in [0.25, 0.3) is 11.8 Å². The van der Waals surface area contributed by atoms with E-state index >= 15 is 0 Å². The van der Waals surface area contributed by atoms with E-state index in [-0.39, 0.29) is 5.91 Å². The summed E-state index contributed by atoms with van der Waals surface area (Å²) >= 11 is 0. The maximum absolute atomic E-state index is 13.1. The van der Waals surface area contributed by atoms with E-state index in [1.165, 1.54) is 11.3 Å². The Hall–Kier alpha value is -2.47. The summed E-state index contributed by atoms with van der Waals surface area (Å²) < 4.78 is 11.9. The predicted molar refractivity (Wildman–Crippen MR) is 98.6 cm³/mol. The number of carbonyl (C=O) groups excluding carboxylic acids is 2. The summed E-state index contributed by atoms with van der Waals surface area (Å²) in [4.78, 5) is 26.0. The Kier molecular flexibility index (Phi) is 5.74. The first-order chi connectivity index (χ1) is 11.7. The molecule has 0 saturated heterocycles. The van der Waals surface area contributed by atoms with Crippen molar-refractivity contribution >= 4 is 22.6 Å². The fourth-order valence-electron chi connectivity index (χ4n) is 2.29. The number of rotatable bonds is 3. The number of carbonyl (C=O) groups is 2. The third-order valence-electron chi connectivity index (χ3n) is 3.55. The zero-order valence-corrected chi connectivity index (χ0v) is 15.6. The van der Waals surface area contributed by atoms with Gasteiger partial charge in [-0.3, -0.25) is 19.2 Å². The van der Waals surface area contributed by atoms with Gasteiger partial charge in [0.1, 0.15) is 0 Å². The van der Waals surface area contributed by atoms with Crippen molar-refractivity contribution in [2.75, 3.05) is 6.26 Å². The van der Waals surface area contributed by atoms with Crippen LogP contribution >= 0.6 is 0 Å². The molecular weight excluding hydrogens is 336 g/mol. The molecule has 0 aromatic heterocycles. The van der Waals surface area contributed by atoms with E-state index in [0.29, 0.717) is 16.0 Å². The van der Waals surface area contributed by atoms with Crippen molar-refractivity contribution in [1.82, 2.24) is 10.4 Å². The molecule has 1 unspecified atom stereocenters. The summed E-state index contributed by atoms with van der Waals surface area (Å²) in [6.07, 6.45) is 1.52. The first kappa shape index (κ1) is 18.9. The molecule has 0 aliphatic heterocycles. The minimum atomic E-state index is -1.31. The second-order valence-corrected chi connectivity index (χ2v) is 7.92. The number of nitrogens with one attached hydrogen (secondary N) is 1. The highest BCUT2D eigenvalue weighted by Gasteiger charge is 2.31. The third-order valence-corrected chi connectivity index (χ3v) is 4.53. The maximum atomic E-state index is 13.1. The number of hydrogen-bond donors (Lipinski definition) is 1. The molecule has 132 valence electrons. The normalized spacial score (nSPS) is 12.3. The molecule has 0 aliphatic carbocycles. The van der Waals surface area contributed by atoms with Gasteiger partial charge in [-0.15, -0.1) is 0 Å². The summed E-state index contributed by atoms with van der Waals surface area (Å²) in [6.45, 7) is 5.46. The van der Waals surface area contributed by atoms with E-state index in [1.807, 2.05) is 26.8 Å². The molecule has 1 atom stereocenters. The first-order valence-corrected chi connectivity index (χ1v) is 9.40. The van der Waals surface area contributed by atoms with Gasteiger partial charge in [0.05, 0.1) is 26.8 Å². The number of hydrogen-bond acceptors (Lipinski definition) is 3. The second-order valence-electron chi connectivity index (χ2n) is 6.57. The Morgan fingerprint density at radius 1 is 0.960 bits per heavy atom. The van der Waals surface area contributed by atoms with E-state index in [2.05, 4.69) is 5.43 Å². The predicted octanol–water partition coefficient (Wildman–Crippen LogP) is 3.01. The number of nitrogens with zero attached hydrogens (tertiary/aromatic N) is 1. The molecule has 0 saturated carbocycles. The van der Waals surface area contributed by atoms with Gasteiger partial charge in [-0.1, -0.05) is 30.3 Å². The molecule has 0 aliphatic rings. The molecule has 1 N–H and O–H groups in total. The average molecular weight is 358 g/mol. The standard InChI is InChI=1S/C19H22N2O3S/c1-19(2,3)21(20-17(22)14-10-6-5-7-11-14)18(23)15-12-8-9-13-16(15)25(4)24/h5-13H,1-4H3,(H,20,22). The lowest BCUT2D eigenvalue weighted by Crippen LogP contribution is -2.56. The molecule has 0 radical (unpaired) electrons. The van der Waals surface area contributed by atoms with Crippen LogP contribution in [0.2, 0.25) is 0 Å². The van der Waals surface area contributed by atoms with E-state index in [9.17, 15) is 13.8 Å². The first-order valence-electron chi connectivity index (χ1n) is 7.85. The lowest BCUT2D eigenvalue weighted by atomic mass is 10.1. The second kappa shape index (κ2) is 7.61. The molecule has 25 heavy (non-hydrogen) atoms. The van der Waals surface area contributed by atoms with Crippen molar-refractivity contribution in [3.05, 3.63) is 65.7 Å². The summed E-state index contributed by atoms with van der Waals surface area (Å²) in [5, 5.41) is 1.29. The van der Waals surface area contributed by atoms with Crippen LogP contribution in [0.4, 0.5) is 0 Å². The van der Waals surface area contributed by atoms with Gasteiger partial charge >= 0.3 is 0 Å². The fraction of sp³-hybridized carbons (Fsp3) is 0.263. The van der Waals surface area contributed by atoms with Crippen molar-refractivity contribution in [2.24, 2.45) is 0 Å². The molecular formula is C19H22N2O3S. The Morgan fingerprint density at radius 2 is 1.52 bits per heavy atom. The molecule has 0 fully saturated rings. The average Bonchev–Trinajstić information content (AvgIpc) is 2.58. The van der Waals surface area contributed by atoms with Crippen molar-refractivity contribution in [2.45, 2.75) is 31.2 Å². The summed E-state index contributed by atoms with van der Waals surface area (Å²) in [5.74, 6) is -0.776. The third kappa shape index (κ3) is 4.54. The maximum Gasteiger partial charge on any atom is 0.274 e. The molecule has 2 aromatic carbocycles. The lowest BCUT2D eigenvalue weighted by molar-refractivity contribution is 0.0355. The zero-order valence-electron chi connectivity index (χ0n) is 14.8. The quantitative estimate of drug-likeness (QED) is 0.858. The van der Waals surface area contributed by atoms with Crippen LogP contribution in [0.5, 0.6) is 0 Å². The van der Waals surface area contributed by atoms with Crippen LogP contribution < -0.4 is 5.43 Å². The number of amides is 2. The van der Waals surface area contributed by atoms with Crippen LogP contribution in [-0.4, -0.2) is 32.8 Å². The molecule has 5 nitrogen and oxygen atoms in total. The minimum absolute atomic E-state index is 0.312. The largest absolute Gasteiger partial charge is 0.274 e. The van der Waals surface area contributed by atoms with Gasteiger partial charge in [0.2, 0.25) is 0 Å². The highest BCUT2D eigenvalue weighted by atomic mass is 32.2. The monoisotopic (exact) mass is 358 g/mol. The number of hydrazine groups is 1. The Balaban J connectivity index is 2.37. The molecule has 0 spiro atoms. The molecule has 6 heteroatoms. The Labute approximate surface area is 150 Å². The fourth-order valence-corrected chi connectivity index (χ4v) is 3.03. The van der Waals surface area contributed by atoms with Gasteiger partial charge in [-0.2, -0.15) is 0 Å². The van der Waals surface area contributed by atoms with E-state index in [1.54, 1.807) is 48.5 Å². The lowest BCUT2D eigenvalue weighted by Gasteiger charge is -2.35. The highest BCUT2D eigenvalue weighted by molar-refractivity contribution is 7.84. The number of benzene rings is 2. The Bertz CT molecular complexity index is 798. The van der Waals surface area contributed by atoms with Crippen LogP contribution in [0.3, 0.4) is 0 Å². The smallest absolute Gasteiger partial charge is 0.267 e. The van der Waals surface area contributed by atoms with Crippen LogP contribution in [0.25, 0.3) is 0 Å². The Morgan fingerprint density at radius 3 is 2.08 bits per heavy atom. The highest BCUT2D eigenvalue weighted by Crippen LogP contribution is 2.20. The van der Waals surface area contributed by atoms with Gasteiger partial charge in [0, 0.05) is 11.8 Å². The summed E-state index contributed by atoms with van der Waals surface area (Å²) in [7, 11) is -1.31. The van der Waals surface area contributed by atoms with Crippen molar-refractivity contribution in [3.8, 4) is 0 Å². The van der Waals surface area contributed by atoms with Crippen molar-refractivity contribution < 1.29 is 13.8 Å². The van der Waals surface area contributed by atoms with E-state index < -0.39 is 22.2 Å². The van der Waals surface area contributed by atoms with Crippen LogP contribution in [0.1, 0.15) is 41.5 Å². The van der Waals surface area contributed by atoms with Crippen molar-refractivity contribution in [3.63, 3.8) is 0 Å². The van der Waals surface area contributed by atoms with Gasteiger partial charge < -0.3 is 0 Å². The van der Waals surface area contributed by atoms with Gasteiger partial charge in [-0.05, 0) is 45.0 Å². The van der Waals surface area contributed by atoms with Crippen molar-refractivity contribution in [1.29, 1.82) is 0 Å².